The molecule has 1 amide bonds. The molecule has 0 saturated heterocycles. The van der Waals surface area contributed by atoms with Gasteiger partial charge < -0.3 is 5.32 Å². The molecule has 0 unspecified atom stereocenters. The predicted octanol–water partition coefficient (Wildman–Crippen LogP) is 2.10. The molecular formula is C13H12ClN3O. The molecule has 2 aromatic rings. The van der Waals surface area contributed by atoms with Crippen molar-refractivity contribution in [2.24, 2.45) is 0 Å². The van der Waals surface area contributed by atoms with Crippen LogP contribution in [0.3, 0.4) is 0 Å². The van der Waals surface area contributed by atoms with Crippen molar-refractivity contribution in [2.45, 2.75) is 6.42 Å². The van der Waals surface area contributed by atoms with Gasteiger partial charge >= 0.3 is 0 Å². The molecule has 0 atom stereocenters. The van der Waals surface area contributed by atoms with Gasteiger partial charge in [0.2, 0.25) is 0 Å². The van der Waals surface area contributed by atoms with Crippen LogP contribution in [0.25, 0.3) is 0 Å². The Labute approximate surface area is 110 Å². The number of carbonyl (C=O) groups is 1. The average Bonchev–Trinajstić information content (AvgIpc) is 2.40. The van der Waals surface area contributed by atoms with E-state index >= 15 is 0 Å². The predicted molar refractivity (Wildman–Crippen MR) is 69.5 cm³/mol. The number of nitrogens with zero attached hydrogens (tertiary/aromatic N) is 2. The summed E-state index contributed by atoms with van der Waals surface area (Å²) in [7, 11) is 0. The SMILES string of the molecule is O=C(NCCc1cccnc1)c1cnccc1Cl. The molecule has 0 spiro atoms. The lowest BCUT2D eigenvalue weighted by Crippen LogP contribution is -2.26. The first-order valence-electron chi connectivity index (χ1n) is 5.54. The molecule has 0 radical (unpaired) electrons. The highest BCUT2D eigenvalue weighted by Crippen LogP contribution is 2.12. The number of carbonyl (C=O) groups excluding carboxylic acids is 1. The highest BCUT2D eigenvalue weighted by atomic mass is 35.5. The Morgan fingerprint density at radius 3 is 2.78 bits per heavy atom. The number of hydrogen-bond donors (Lipinski definition) is 1. The van der Waals surface area contributed by atoms with Crippen LogP contribution in [0.1, 0.15) is 15.9 Å². The standard InChI is InChI=1S/C13H12ClN3O/c14-12-4-6-16-9-11(12)13(18)17-7-3-10-2-1-5-15-8-10/h1-2,4-6,8-9H,3,7H2,(H,17,18). The van der Waals surface area contributed by atoms with Crippen LogP contribution < -0.4 is 5.32 Å². The van der Waals surface area contributed by atoms with E-state index in [4.69, 9.17) is 11.6 Å². The Hall–Kier alpha value is -1.94. The van der Waals surface area contributed by atoms with E-state index in [9.17, 15) is 4.79 Å². The Kier molecular flexibility index (Phi) is 4.25. The highest BCUT2D eigenvalue weighted by molar-refractivity contribution is 6.33. The summed E-state index contributed by atoms with van der Waals surface area (Å²) in [6, 6.07) is 5.43. The molecule has 5 heteroatoms. The highest BCUT2D eigenvalue weighted by Gasteiger charge is 2.09. The van der Waals surface area contributed by atoms with E-state index in [0.717, 1.165) is 12.0 Å². The molecule has 0 saturated carbocycles. The second-order valence-corrected chi connectivity index (χ2v) is 4.13. The summed E-state index contributed by atoms with van der Waals surface area (Å²) in [4.78, 5) is 19.7. The zero-order chi connectivity index (χ0) is 12.8. The van der Waals surface area contributed by atoms with Gasteiger partial charge in [-0.15, -0.1) is 0 Å². The minimum absolute atomic E-state index is 0.211. The summed E-state index contributed by atoms with van der Waals surface area (Å²) < 4.78 is 0. The molecule has 0 fully saturated rings. The molecule has 2 rings (SSSR count). The second kappa shape index (κ2) is 6.12. The van der Waals surface area contributed by atoms with Gasteiger partial charge in [0.1, 0.15) is 0 Å². The second-order valence-electron chi connectivity index (χ2n) is 3.72. The first-order valence-corrected chi connectivity index (χ1v) is 5.92. The van der Waals surface area contributed by atoms with Gasteiger partial charge in [0, 0.05) is 31.3 Å². The number of pyridine rings is 2. The lowest BCUT2D eigenvalue weighted by Gasteiger charge is -2.06. The number of halogens is 1. The maximum absolute atomic E-state index is 11.8. The van der Waals surface area contributed by atoms with Crippen molar-refractivity contribution in [1.82, 2.24) is 15.3 Å². The number of nitrogens with one attached hydrogen (secondary N) is 1. The van der Waals surface area contributed by atoms with Crippen LogP contribution >= 0.6 is 11.6 Å². The van der Waals surface area contributed by atoms with Gasteiger partial charge in [0.05, 0.1) is 10.6 Å². The largest absolute Gasteiger partial charge is 0.352 e. The van der Waals surface area contributed by atoms with Crippen LogP contribution in [-0.2, 0) is 6.42 Å². The molecule has 0 aliphatic rings. The fraction of sp³-hybridized carbons (Fsp3) is 0.154. The topological polar surface area (TPSA) is 54.9 Å². The zero-order valence-electron chi connectivity index (χ0n) is 9.64. The third kappa shape index (κ3) is 3.28. The van der Waals surface area contributed by atoms with Crippen molar-refractivity contribution in [3.63, 3.8) is 0 Å². The summed E-state index contributed by atoms with van der Waals surface area (Å²) in [5.41, 5.74) is 1.47. The Morgan fingerprint density at radius 1 is 1.22 bits per heavy atom. The molecule has 0 aliphatic heterocycles. The van der Waals surface area contributed by atoms with Crippen molar-refractivity contribution in [3.05, 3.63) is 59.1 Å². The normalized spacial score (nSPS) is 10.1. The van der Waals surface area contributed by atoms with Crippen molar-refractivity contribution in [3.8, 4) is 0 Å². The Balaban J connectivity index is 1.88. The molecular weight excluding hydrogens is 250 g/mol. The summed E-state index contributed by atoms with van der Waals surface area (Å²) in [6.07, 6.45) is 7.24. The smallest absolute Gasteiger partial charge is 0.254 e. The monoisotopic (exact) mass is 261 g/mol. The average molecular weight is 262 g/mol. The van der Waals surface area contributed by atoms with Crippen LogP contribution in [-0.4, -0.2) is 22.4 Å². The van der Waals surface area contributed by atoms with Gasteiger partial charge in [-0.3, -0.25) is 14.8 Å². The van der Waals surface area contributed by atoms with E-state index in [-0.39, 0.29) is 5.91 Å². The molecule has 18 heavy (non-hydrogen) atoms. The summed E-state index contributed by atoms with van der Waals surface area (Å²) >= 11 is 5.90. The molecule has 4 nitrogen and oxygen atoms in total. The molecule has 2 heterocycles. The fourth-order valence-electron chi connectivity index (χ4n) is 1.51. The number of rotatable bonds is 4. The van der Waals surface area contributed by atoms with E-state index in [1.165, 1.54) is 6.20 Å². The third-order valence-electron chi connectivity index (χ3n) is 2.43. The maximum Gasteiger partial charge on any atom is 0.254 e. The van der Waals surface area contributed by atoms with Crippen LogP contribution in [0.15, 0.2) is 43.0 Å². The first-order chi connectivity index (χ1) is 8.77. The lowest BCUT2D eigenvalue weighted by atomic mass is 10.2. The van der Waals surface area contributed by atoms with Gasteiger partial charge in [-0.25, -0.2) is 0 Å². The van der Waals surface area contributed by atoms with Gasteiger partial charge in [-0.05, 0) is 24.1 Å². The maximum atomic E-state index is 11.8. The number of hydrogen-bond acceptors (Lipinski definition) is 3. The van der Waals surface area contributed by atoms with Crippen molar-refractivity contribution in [1.29, 1.82) is 0 Å². The van der Waals surface area contributed by atoms with Crippen LogP contribution in [0.4, 0.5) is 0 Å². The third-order valence-corrected chi connectivity index (χ3v) is 2.76. The van der Waals surface area contributed by atoms with E-state index in [0.29, 0.717) is 17.1 Å². The van der Waals surface area contributed by atoms with Crippen molar-refractivity contribution in [2.75, 3.05) is 6.54 Å². The van der Waals surface area contributed by atoms with E-state index in [1.807, 2.05) is 12.1 Å². The minimum Gasteiger partial charge on any atom is -0.352 e. The molecule has 2 aromatic heterocycles. The first kappa shape index (κ1) is 12.5. The molecule has 0 bridgehead atoms. The van der Waals surface area contributed by atoms with Gasteiger partial charge in [-0.2, -0.15) is 0 Å². The van der Waals surface area contributed by atoms with Gasteiger partial charge in [0.15, 0.2) is 0 Å². The van der Waals surface area contributed by atoms with Crippen molar-refractivity contribution < 1.29 is 4.79 Å². The molecule has 1 N–H and O–H groups in total. The lowest BCUT2D eigenvalue weighted by molar-refractivity contribution is 0.0954. The minimum atomic E-state index is -0.211. The van der Waals surface area contributed by atoms with E-state index in [2.05, 4.69) is 15.3 Å². The molecule has 92 valence electrons. The fourth-order valence-corrected chi connectivity index (χ4v) is 1.70. The van der Waals surface area contributed by atoms with Crippen LogP contribution in [0.2, 0.25) is 5.02 Å². The number of aromatic nitrogens is 2. The van der Waals surface area contributed by atoms with Gasteiger partial charge in [0.25, 0.3) is 5.91 Å². The van der Waals surface area contributed by atoms with Crippen molar-refractivity contribution >= 4 is 17.5 Å². The zero-order valence-corrected chi connectivity index (χ0v) is 10.4. The summed E-state index contributed by atoms with van der Waals surface area (Å²) in [6.45, 7) is 0.537. The summed E-state index contributed by atoms with van der Waals surface area (Å²) in [5, 5.41) is 3.20. The number of amides is 1. The summed E-state index contributed by atoms with van der Waals surface area (Å²) in [5.74, 6) is -0.211. The molecule has 0 aromatic carbocycles. The van der Waals surface area contributed by atoms with Crippen LogP contribution in [0.5, 0.6) is 0 Å². The van der Waals surface area contributed by atoms with Gasteiger partial charge in [-0.1, -0.05) is 17.7 Å². The van der Waals surface area contributed by atoms with E-state index < -0.39 is 0 Å². The molecule has 0 aliphatic carbocycles. The van der Waals surface area contributed by atoms with Crippen LogP contribution in [0, 0.1) is 0 Å². The quantitative estimate of drug-likeness (QED) is 0.917. The Morgan fingerprint density at radius 2 is 2.06 bits per heavy atom. The van der Waals surface area contributed by atoms with E-state index in [1.54, 1.807) is 24.7 Å². The Bertz CT molecular complexity index is 531.